The monoisotopic (exact) mass is 509 g/mol. The number of aromatic nitrogens is 1. The molecule has 0 aliphatic carbocycles. The average molecular weight is 510 g/mol. The van der Waals surface area contributed by atoms with Crippen molar-refractivity contribution < 1.29 is 14.8 Å². The number of hydroxylamine groups is 1. The van der Waals surface area contributed by atoms with Crippen molar-refractivity contribution in [2.45, 2.75) is 6.42 Å². The molecular weight excluding hydrogens is 486 g/mol. The molecule has 170 valence electrons. The molecule has 2 atom stereocenters. The number of piperidine rings is 1. The summed E-state index contributed by atoms with van der Waals surface area (Å²) in [6, 6.07) is 16.6. The average Bonchev–Trinajstić information content (AvgIpc) is 3.27. The lowest BCUT2D eigenvalue weighted by Crippen LogP contribution is -2.40. The van der Waals surface area contributed by atoms with E-state index in [0.29, 0.717) is 29.6 Å². The number of hydrogen-bond donors (Lipinski definition) is 3. The van der Waals surface area contributed by atoms with Crippen LogP contribution in [0.25, 0.3) is 10.9 Å². The zero-order chi connectivity index (χ0) is 22.9. The lowest BCUT2D eigenvalue weighted by Gasteiger charge is -2.35. The molecule has 2 unspecified atom stereocenters. The van der Waals surface area contributed by atoms with Crippen molar-refractivity contribution in [3.05, 3.63) is 64.6 Å². The summed E-state index contributed by atoms with van der Waals surface area (Å²) in [5.74, 6) is 1.29. The maximum absolute atomic E-state index is 12.8. The van der Waals surface area contributed by atoms with E-state index in [2.05, 4.69) is 44.3 Å². The van der Waals surface area contributed by atoms with Crippen LogP contribution in [0.4, 0.5) is 16.3 Å². The Bertz CT molecular complexity index is 1200. The third-order valence-electron chi connectivity index (χ3n) is 6.55. The van der Waals surface area contributed by atoms with Crippen LogP contribution >= 0.6 is 15.9 Å². The standard InChI is InChI=1S/C24H24BrN5O3/c25-19-4-7-21-16(11-19)3-8-22(27-21)29-10-9-17-12-30(14-18(17)13-29)24(32)26-20-5-1-15(2-6-20)23(31)28-33/h1-8,11,17-18,33H,9-10,12-14H2,(H,26,32)(H,28,31). The van der Waals surface area contributed by atoms with Crippen LogP contribution in [0.2, 0.25) is 0 Å². The van der Waals surface area contributed by atoms with Crippen molar-refractivity contribution in [2.75, 3.05) is 36.4 Å². The van der Waals surface area contributed by atoms with E-state index in [9.17, 15) is 9.59 Å². The molecule has 2 fully saturated rings. The zero-order valence-corrected chi connectivity index (χ0v) is 19.5. The van der Waals surface area contributed by atoms with Gasteiger partial charge in [-0.2, -0.15) is 0 Å². The number of anilines is 2. The summed E-state index contributed by atoms with van der Waals surface area (Å²) in [6.45, 7) is 3.27. The minimum atomic E-state index is -0.588. The number of pyridine rings is 1. The number of rotatable bonds is 3. The Balaban J connectivity index is 1.22. The Morgan fingerprint density at radius 3 is 2.58 bits per heavy atom. The lowest BCUT2D eigenvalue weighted by atomic mass is 9.89. The molecule has 33 heavy (non-hydrogen) atoms. The molecule has 0 saturated carbocycles. The van der Waals surface area contributed by atoms with Gasteiger partial charge in [0.15, 0.2) is 0 Å². The first kappa shape index (κ1) is 21.7. The number of halogens is 1. The molecule has 2 saturated heterocycles. The quantitative estimate of drug-likeness (QED) is 0.364. The van der Waals surface area contributed by atoms with Gasteiger partial charge in [0.1, 0.15) is 5.82 Å². The summed E-state index contributed by atoms with van der Waals surface area (Å²) in [6.07, 6.45) is 1.03. The third kappa shape index (κ3) is 4.51. The van der Waals surface area contributed by atoms with Crippen LogP contribution in [-0.2, 0) is 0 Å². The van der Waals surface area contributed by atoms with Crippen LogP contribution < -0.4 is 15.7 Å². The highest BCUT2D eigenvalue weighted by Crippen LogP contribution is 2.34. The maximum Gasteiger partial charge on any atom is 0.321 e. The van der Waals surface area contributed by atoms with E-state index >= 15 is 0 Å². The Morgan fingerprint density at radius 2 is 1.79 bits per heavy atom. The normalized spacial score (nSPS) is 19.9. The second-order valence-corrected chi connectivity index (χ2v) is 9.53. The second-order valence-electron chi connectivity index (χ2n) is 8.61. The van der Waals surface area contributed by atoms with Gasteiger partial charge in [0, 0.05) is 47.3 Å². The molecule has 8 nitrogen and oxygen atoms in total. The molecular formula is C24H24BrN5O3. The first-order valence-corrected chi connectivity index (χ1v) is 11.7. The maximum atomic E-state index is 12.8. The highest BCUT2D eigenvalue weighted by atomic mass is 79.9. The fraction of sp³-hybridized carbons (Fsp3) is 0.292. The van der Waals surface area contributed by atoms with Crippen molar-refractivity contribution in [3.8, 4) is 0 Å². The van der Waals surface area contributed by atoms with Gasteiger partial charge in [-0.1, -0.05) is 15.9 Å². The largest absolute Gasteiger partial charge is 0.356 e. The Labute approximate surface area is 199 Å². The van der Waals surface area contributed by atoms with Gasteiger partial charge < -0.3 is 15.1 Å². The molecule has 5 rings (SSSR count). The van der Waals surface area contributed by atoms with Crippen LogP contribution in [0, 0.1) is 11.8 Å². The van der Waals surface area contributed by atoms with Gasteiger partial charge in [-0.05, 0) is 72.9 Å². The SMILES string of the molecule is O=C(NO)c1ccc(NC(=O)N2CC3CCN(c4ccc5cc(Br)ccc5n4)CC3C2)cc1. The number of carbonyl (C=O) groups is 2. The van der Waals surface area contributed by atoms with E-state index in [4.69, 9.17) is 10.2 Å². The number of carbonyl (C=O) groups excluding carboxylic acids is 2. The number of nitrogens with one attached hydrogen (secondary N) is 2. The summed E-state index contributed by atoms with van der Waals surface area (Å²) in [7, 11) is 0. The van der Waals surface area contributed by atoms with Crippen molar-refractivity contribution in [2.24, 2.45) is 11.8 Å². The molecule has 2 aliphatic rings. The Hall–Kier alpha value is -3.17. The van der Waals surface area contributed by atoms with Crippen LogP contribution in [0.1, 0.15) is 16.8 Å². The van der Waals surface area contributed by atoms with Crippen molar-refractivity contribution >= 4 is 50.3 Å². The molecule has 3 aromatic rings. The van der Waals surface area contributed by atoms with E-state index in [1.165, 1.54) is 0 Å². The van der Waals surface area contributed by atoms with Gasteiger partial charge in [-0.3, -0.25) is 10.0 Å². The minimum absolute atomic E-state index is 0.135. The molecule has 2 aliphatic heterocycles. The number of fused-ring (bicyclic) bond motifs is 2. The summed E-state index contributed by atoms with van der Waals surface area (Å²) < 4.78 is 1.04. The molecule has 0 radical (unpaired) electrons. The van der Waals surface area contributed by atoms with Crippen LogP contribution in [-0.4, -0.2) is 53.2 Å². The molecule has 3 amide bonds. The number of nitrogens with zero attached hydrogens (tertiary/aromatic N) is 3. The van der Waals surface area contributed by atoms with Crippen LogP contribution in [0.3, 0.4) is 0 Å². The van der Waals surface area contributed by atoms with Crippen molar-refractivity contribution in [1.29, 1.82) is 0 Å². The van der Waals surface area contributed by atoms with Crippen LogP contribution in [0.15, 0.2) is 59.1 Å². The Morgan fingerprint density at radius 1 is 1.00 bits per heavy atom. The highest BCUT2D eigenvalue weighted by molar-refractivity contribution is 9.10. The molecule has 1 aromatic heterocycles. The molecule has 9 heteroatoms. The summed E-state index contributed by atoms with van der Waals surface area (Å²) in [5.41, 5.74) is 3.50. The molecule has 3 heterocycles. The van der Waals surface area contributed by atoms with E-state index in [-0.39, 0.29) is 6.03 Å². The predicted octanol–water partition coefficient (Wildman–Crippen LogP) is 4.11. The first-order valence-electron chi connectivity index (χ1n) is 10.9. The topological polar surface area (TPSA) is 97.8 Å². The second kappa shape index (κ2) is 8.99. The summed E-state index contributed by atoms with van der Waals surface area (Å²) in [5, 5.41) is 12.7. The number of urea groups is 1. The Kier molecular flexibility index (Phi) is 5.90. The van der Waals surface area contributed by atoms with Gasteiger partial charge in [0.25, 0.3) is 5.91 Å². The van der Waals surface area contributed by atoms with Crippen LogP contribution in [0.5, 0.6) is 0 Å². The summed E-state index contributed by atoms with van der Waals surface area (Å²) >= 11 is 3.51. The van der Waals surface area contributed by atoms with Gasteiger partial charge in [-0.25, -0.2) is 15.3 Å². The molecule has 0 spiro atoms. The minimum Gasteiger partial charge on any atom is -0.356 e. The predicted molar refractivity (Wildman–Crippen MR) is 130 cm³/mol. The van der Waals surface area contributed by atoms with Gasteiger partial charge in [-0.15, -0.1) is 0 Å². The number of likely N-dealkylation sites (tertiary alicyclic amines) is 1. The number of benzene rings is 2. The summed E-state index contributed by atoms with van der Waals surface area (Å²) in [4.78, 5) is 33.3. The van der Waals surface area contributed by atoms with E-state index in [0.717, 1.165) is 47.2 Å². The van der Waals surface area contributed by atoms with Gasteiger partial charge >= 0.3 is 6.03 Å². The smallest absolute Gasteiger partial charge is 0.321 e. The van der Waals surface area contributed by atoms with E-state index in [1.54, 1.807) is 29.7 Å². The third-order valence-corrected chi connectivity index (χ3v) is 7.04. The van der Waals surface area contributed by atoms with Gasteiger partial charge in [0.05, 0.1) is 5.52 Å². The first-order chi connectivity index (χ1) is 16.0. The molecule has 3 N–H and O–H groups in total. The lowest BCUT2D eigenvalue weighted by molar-refractivity contribution is 0.0706. The molecule has 0 bridgehead atoms. The number of amides is 3. The van der Waals surface area contributed by atoms with E-state index in [1.807, 2.05) is 17.0 Å². The number of hydrogen-bond acceptors (Lipinski definition) is 5. The fourth-order valence-corrected chi connectivity index (χ4v) is 5.16. The van der Waals surface area contributed by atoms with Crippen molar-refractivity contribution in [3.63, 3.8) is 0 Å². The molecule has 2 aromatic carbocycles. The highest BCUT2D eigenvalue weighted by Gasteiger charge is 2.39. The zero-order valence-electron chi connectivity index (χ0n) is 17.9. The fourth-order valence-electron chi connectivity index (χ4n) is 4.78. The van der Waals surface area contributed by atoms with Crippen molar-refractivity contribution in [1.82, 2.24) is 15.4 Å². The van der Waals surface area contributed by atoms with Gasteiger partial charge in [0.2, 0.25) is 0 Å². The van der Waals surface area contributed by atoms with E-state index < -0.39 is 5.91 Å².